The molecule has 0 amide bonds. The van der Waals surface area contributed by atoms with Crippen molar-refractivity contribution in [1.82, 2.24) is 14.8 Å². The van der Waals surface area contributed by atoms with Crippen molar-refractivity contribution in [2.75, 3.05) is 0 Å². The van der Waals surface area contributed by atoms with Crippen LogP contribution >= 0.6 is 22.6 Å². The van der Waals surface area contributed by atoms with Gasteiger partial charge >= 0.3 is 0 Å². The largest absolute Gasteiger partial charge is 0.284 e. The van der Waals surface area contributed by atoms with Crippen LogP contribution in [-0.2, 0) is 6.54 Å². The predicted molar refractivity (Wildman–Crippen MR) is 65.4 cm³/mol. The summed E-state index contributed by atoms with van der Waals surface area (Å²) in [5.41, 5.74) is 2.21. The molecule has 4 nitrogen and oxygen atoms in total. The molecule has 3 rings (SSSR count). The minimum absolute atomic E-state index is 0.589. The zero-order valence-electron chi connectivity index (χ0n) is 7.76. The van der Waals surface area contributed by atoms with Gasteiger partial charge < -0.3 is 0 Å². The Morgan fingerprint density at radius 3 is 3.20 bits per heavy atom. The SMILES string of the molecule is Ic1ccc2c(c1)C=NCc1nncn1-2. The molecule has 0 unspecified atom stereocenters. The molecule has 0 N–H and O–H groups in total. The van der Waals surface area contributed by atoms with Crippen molar-refractivity contribution in [2.24, 2.45) is 4.99 Å². The van der Waals surface area contributed by atoms with Crippen molar-refractivity contribution in [3.63, 3.8) is 0 Å². The molecule has 0 aliphatic carbocycles. The highest BCUT2D eigenvalue weighted by Gasteiger charge is 2.12. The van der Waals surface area contributed by atoms with Gasteiger partial charge in [0.05, 0.1) is 12.2 Å². The summed E-state index contributed by atoms with van der Waals surface area (Å²) in [7, 11) is 0. The van der Waals surface area contributed by atoms with Crippen LogP contribution in [0.1, 0.15) is 11.4 Å². The van der Waals surface area contributed by atoms with Crippen LogP contribution in [0, 0.1) is 3.57 Å². The highest BCUT2D eigenvalue weighted by molar-refractivity contribution is 14.1. The van der Waals surface area contributed by atoms with Gasteiger partial charge in [0.15, 0.2) is 5.82 Å². The molecule has 0 radical (unpaired) electrons. The van der Waals surface area contributed by atoms with E-state index < -0.39 is 0 Å². The summed E-state index contributed by atoms with van der Waals surface area (Å²) in [6.07, 6.45) is 3.63. The summed E-state index contributed by atoms with van der Waals surface area (Å²) in [4.78, 5) is 4.32. The fraction of sp³-hybridized carbons (Fsp3) is 0.100. The summed E-state index contributed by atoms with van der Waals surface area (Å²) in [5.74, 6) is 0.881. The van der Waals surface area contributed by atoms with Gasteiger partial charge in [0.2, 0.25) is 0 Å². The number of fused-ring (bicyclic) bond motifs is 3. The van der Waals surface area contributed by atoms with Gasteiger partial charge in [0.1, 0.15) is 6.33 Å². The van der Waals surface area contributed by atoms with E-state index in [1.165, 1.54) is 3.57 Å². The van der Waals surface area contributed by atoms with Gasteiger partial charge in [-0.15, -0.1) is 10.2 Å². The lowest BCUT2D eigenvalue weighted by Gasteiger charge is -2.06. The summed E-state index contributed by atoms with van der Waals surface area (Å²) in [6, 6.07) is 6.25. The average molecular weight is 310 g/mol. The molecular formula is C10H7IN4. The van der Waals surface area contributed by atoms with Crippen molar-refractivity contribution < 1.29 is 0 Å². The van der Waals surface area contributed by atoms with Gasteiger partial charge in [-0.1, -0.05) is 0 Å². The van der Waals surface area contributed by atoms with Crippen LogP contribution in [0.4, 0.5) is 0 Å². The highest BCUT2D eigenvalue weighted by atomic mass is 127. The van der Waals surface area contributed by atoms with E-state index >= 15 is 0 Å². The molecule has 2 heterocycles. The van der Waals surface area contributed by atoms with Crippen LogP contribution in [-0.4, -0.2) is 21.0 Å². The molecule has 0 spiro atoms. The highest BCUT2D eigenvalue weighted by Crippen LogP contribution is 2.20. The number of nitrogens with zero attached hydrogens (tertiary/aromatic N) is 4. The Balaban J connectivity index is 2.31. The molecule has 1 aromatic heterocycles. The maximum absolute atomic E-state index is 4.32. The normalized spacial score (nSPS) is 13.1. The molecule has 1 aliphatic heterocycles. The lowest BCUT2D eigenvalue weighted by atomic mass is 10.2. The van der Waals surface area contributed by atoms with E-state index in [2.05, 4.69) is 56.0 Å². The van der Waals surface area contributed by atoms with Crippen molar-refractivity contribution in [3.8, 4) is 5.69 Å². The third-order valence-electron chi connectivity index (χ3n) is 2.33. The number of aliphatic imine (C=N–C) groups is 1. The summed E-state index contributed by atoms with van der Waals surface area (Å²) < 4.78 is 3.19. The minimum Gasteiger partial charge on any atom is -0.284 e. The first-order valence-electron chi connectivity index (χ1n) is 4.53. The Hall–Kier alpha value is -1.24. The Morgan fingerprint density at radius 2 is 2.27 bits per heavy atom. The summed E-state index contributed by atoms with van der Waals surface area (Å²) in [5, 5.41) is 7.94. The number of halogens is 1. The molecule has 15 heavy (non-hydrogen) atoms. The fourth-order valence-electron chi connectivity index (χ4n) is 1.64. The molecule has 0 saturated carbocycles. The number of benzene rings is 1. The lowest BCUT2D eigenvalue weighted by molar-refractivity contribution is 0.871. The molecule has 2 aromatic rings. The Kier molecular flexibility index (Phi) is 2.05. The van der Waals surface area contributed by atoms with Gasteiger partial charge in [0.25, 0.3) is 0 Å². The number of hydrogen-bond acceptors (Lipinski definition) is 3. The average Bonchev–Trinajstić information content (AvgIpc) is 2.61. The molecule has 0 fully saturated rings. The van der Waals surface area contributed by atoms with Gasteiger partial charge in [-0.25, -0.2) is 0 Å². The second kappa shape index (κ2) is 3.41. The Morgan fingerprint density at radius 1 is 1.33 bits per heavy atom. The van der Waals surface area contributed by atoms with E-state index in [0.29, 0.717) is 6.54 Å². The maximum Gasteiger partial charge on any atom is 0.159 e. The van der Waals surface area contributed by atoms with E-state index in [1.807, 2.05) is 10.8 Å². The van der Waals surface area contributed by atoms with Crippen LogP contribution in [0.2, 0.25) is 0 Å². The zero-order valence-corrected chi connectivity index (χ0v) is 9.92. The zero-order chi connectivity index (χ0) is 10.3. The molecular weight excluding hydrogens is 303 g/mol. The molecule has 0 bridgehead atoms. The van der Waals surface area contributed by atoms with Crippen LogP contribution < -0.4 is 0 Å². The van der Waals surface area contributed by atoms with Gasteiger partial charge in [-0.2, -0.15) is 0 Å². The van der Waals surface area contributed by atoms with E-state index in [-0.39, 0.29) is 0 Å². The van der Waals surface area contributed by atoms with Crippen molar-refractivity contribution in [2.45, 2.75) is 6.54 Å². The first-order valence-corrected chi connectivity index (χ1v) is 5.61. The Labute approximate surface area is 100 Å². The van der Waals surface area contributed by atoms with E-state index in [1.54, 1.807) is 6.33 Å². The molecule has 0 saturated heterocycles. The van der Waals surface area contributed by atoms with Crippen molar-refractivity contribution in [3.05, 3.63) is 39.5 Å². The third-order valence-corrected chi connectivity index (χ3v) is 3.00. The topological polar surface area (TPSA) is 43.1 Å². The van der Waals surface area contributed by atoms with Gasteiger partial charge in [-0.3, -0.25) is 9.56 Å². The van der Waals surface area contributed by atoms with Crippen LogP contribution in [0.25, 0.3) is 5.69 Å². The van der Waals surface area contributed by atoms with Crippen LogP contribution in [0.5, 0.6) is 0 Å². The van der Waals surface area contributed by atoms with E-state index in [4.69, 9.17) is 0 Å². The number of rotatable bonds is 0. The van der Waals surface area contributed by atoms with E-state index in [0.717, 1.165) is 17.1 Å². The maximum atomic E-state index is 4.32. The fourth-order valence-corrected chi connectivity index (χ4v) is 2.16. The lowest BCUT2D eigenvalue weighted by Crippen LogP contribution is -2.00. The van der Waals surface area contributed by atoms with Crippen molar-refractivity contribution in [1.29, 1.82) is 0 Å². The summed E-state index contributed by atoms with van der Waals surface area (Å²) in [6.45, 7) is 0.589. The predicted octanol–water partition coefficient (Wildman–Crippen LogP) is 1.80. The monoisotopic (exact) mass is 310 g/mol. The Bertz CT molecular complexity index is 544. The standard InChI is InChI=1S/C10H7IN4/c11-8-1-2-9-7(3-8)4-12-5-10-14-13-6-15(9)10/h1-4,6H,5H2. The smallest absolute Gasteiger partial charge is 0.159 e. The van der Waals surface area contributed by atoms with Crippen molar-refractivity contribution >= 4 is 28.8 Å². The van der Waals surface area contributed by atoms with Crippen LogP contribution in [0.3, 0.4) is 0 Å². The first kappa shape index (κ1) is 9.02. The molecule has 1 aliphatic rings. The summed E-state index contributed by atoms with van der Waals surface area (Å²) >= 11 is 2.29. The molecule has 5 heteroatoms. The van der Waals surface area contributed by atoms with Crippen LogP contribution in [0.15, 0.2) is 29.5 Å². The minimum atomic E-state index is 0.589. The molecule has 1 aromatic carbocycles. The molecule has 74 valence electrons. The third kappa shape index (κ3) is 1.46. The number of hydrogen-bond donors (Lipinski definition) is 0. The number of aromatic nitrogens is 3. The van der Waals surface area contributed by atoms with Gasteiger partial charge in [0, 0.05) is 15.3 Å². The second-order valence-electron chi connectivity index (χ2n) is 3.29. The molecule has 0 atom stereocenters. The quantitative estimate of drug-likeness (QED) is 0.697. The second-order valence-corrected chi connectivity index (χ2v) is 4.54. The van der Waals surface area contributed by atoms with Gasteiger partial charge in [-0.05, 0) is 40.8 Å². The van der Waals surface area contributed by atoms with E-state index in [9.17, 15) is 0 Å². The first-order chi connectivity index (χ1) is 7.34.